The van der Waals surface area contributed by atoms with Crippen LogP contribution in [0.3, 0.4) is 0 Å². The minimum Gasteiger partial charge on any atom is -0.497 e. The molecule has 3 aromatic rings. The van der Waals surface area contributed by atoms with E-state index in [1.165, 1.54) is 11.5 Å². The molecule has 29 heavy (non-hydrogen) atoms. The van der Waals surface area contributed by atoms with Crippen LogP contribution in [-0.4, -0.2) is 22.8 Å². The number of ether oxygens (including phenoxy) is 1. The highest BCUT2D eigenvalue weighted by atomic mass is 79.9. The van der Waals surface area contributed by atoms with Crippen LogP contribution in [0.25, 0.3) is 16.8 Å². The van der Waals surface area contributed by atoms with Crippen LogP contribution in [0.1, 0.15) is 29.1 Å². The van der Waals surface area contributed by atoms with E-state index in [2.05, 4.69) is 15.9 Å². The van der Waals surface area contributed by atoms with Crippen LogP contribution in [0.5, 0.6) is 5.75 Å². The Morgan fingerprint density at radius 1 is 1.10 bits per heavy atom. The summed E-state index contributed by atoms with van der Waals surface area (Å²) in [5.74, 6) is -0.488. The van der Waals surface area contributed by atoms with E-state index in [1.54, 1.807) is 18.1 Å². The lowest BCUT2D eigenvalue weighted by atomic mass is 9.87. The molecule has 0 aliphatic carbocycles. The number of halogens is 1. The van der Waals surface area contributed by atoms with Crippen LogP contribution in [0.4, 0.5) is 5.69 Å². The van der Waals surface area contributed by atoms with Gasteiger partial charge in [0.15, 0.2) is 0 Å². The Labute approximate surface area is 184 Å². The van der Waals surface area contributed by atoms with Gasteiger partial charge in [0.25, 0.3) is 11.7 Å². The van der Waals surface area contributed by atoms with Crippen LogP contribution in [0.15, 0.2) is 40.9 Å². The Balaban J connectivity index is 1.87. The van der Waals surface area contributed by atoms with Crippen molar-refractivity contribution in [3.8, 4) is 22.6 Å². The van der Waals surface area contributed by atoms with E-state index in [9.17, 15) is 9.59 Å². The summed E-state index contributed by atoms with van der Waals surface area (Å²) in [4.78, 5) is 28.2. The number of carbonyl (C=O) groups is 2. The molecule has 0 saturated carbocycles. The Kier molecular flexibility index (Phi) is 3.94. The summed E-state index contributed by atoms with van der Waals surface area (Å²) in [5, 5.41) is 0. The fourth-order valence-corrected chi connectivity index (χ4v) is 6.02. The molecule has 146 valence electrons. The van der Waals surface area contributed by atoms with Crippen molar-refractivity contribution in [1.29, 1.82) is 0 Å². The van der Waals surface area contributed by atoms with Gasteiger partial charge < -0.3 is 4.74 Å². The largest absolute Gasteiger partial charge is 0.497 e. The molecule has 1 aromatic heterocycles. The van der Waals surface area contributed by atoms with E-state index in [-0.39, 0.29) is 0 Å². The van der Waals surface area contributed by atoms with E-state index < -0.39 is 17.2 Å². The molecule has 0 fully saturated rings. The molecule has 2 aliphatic rings. The molecule has 0 saturated heterocycles. The third-order valence-corrected chi connectivity index (χ3v) is 7.93. The molecule has 3 heterocycles. The van der Waals surface area contributed by atoms with E-state index in [1.807, 2.05) is 48.1 Å². The van der Waals surface area contributed by atoms with Crippen LogP contribution in [-0.2, 0) is 10.3 Å². The van der Waals surface area contributed by atoms with Crippen molar-refractivity contribution in [2.45, 2.75) is 19.4 Å². The van der Waals surface area contributed by atoms with Crippen LogP contribution < -0.4 is 9.64 Å². The number of aromatic nitrogens is 1. The number of methoxy groups -OCH3 is 1. The summed E-state index contributed by atoms with van der Waals surface area (Å²) in [6.07, 6.45) is 0. The number of hydrogen-bond donors (Lipinski definition) is 0. The van der Waals surface area contributed by atoms with Crippen molar-refractivity contribution in [3.05, 3.63) is 56.0 Å². The van der Waals surface area contributed by atoms with Crippen molar-refractivity contribution in [1.82, 2.24) is 3.96 Å². The normalized spacial score (nSPS) is 16.1. The van der Waals surface area contributed by atoms with Crippen LogP contribution in [0.2, 0.25) is 0 Å². The van der Waals surface area contributed by atoms with Gasteiger partial charge in [0.05, 0.1) is 34.5 Å². The predicted octanol–water partition coefficient (Wildman–Crippen LogP) is 5.48. The number of ketones is 1. The van der Waals surface area contributed by atoms with Crippen molar-refractivity contribution in [2.75, 3.05) is 12.0 Å². The predicted molar refractivity (Wildman–Crippen MR) is 119 cm³/mol. The first-order chi connectivity index (χ1) is 13.8. The van der Waals surface area contributed by atoms with Gasteiger partial charge in [0.1, 0.15) is 10.4 Å². The number of rotatable bonds is 2. The number of fused-ring (bicyclic) bond motifs is 2. The van der Waals surface area contributed by atoms with Crippen molar-refractivity contribution in [2.24, 2.45) is 0 Å². The highest BCUT2D eigenvalue weighted by molar-refractivity contribution is 9.10. The number of nitrogens with zero attached hydrogens (tertiary/aromatic N) is 2. The molecule has 2 aromatic carbocycles. The fourth-order valence-electron chi connectivity index (χ4n) is 4.06. The second-order valence-electron chi connectivity index (χ2n) is 7.47. The average molecular weight is 487 g/mol. The average Bonchev–Trinajstić information content (AvgIpc) is 3.17. The zero-order valence-electron chi connectivity index (χ0n) is 15.8. The first kappa shape index (κ1) is 18.7. The number of Topliss-reactive ketones (excluding diaryl/α,β-unsaturated/α-hetero) is 1. The molecule has 0 atom stereocenters. The molecule has 0 bridgehead atoms. The van der Waals surface area contributed by atoms with Gasteiger partial charge in [0, 0.05) is 15.6 Å². The Hall–Kier alpha value is -2.29. The maximum atomic E-state index is 12.9. The van der Waals surface area contributed by atoms with Gasteiger partial charge in [0.2, 0.25) is 0 Å². The van der Waals surface area contributed by atoms with E-state index >= 15 is 0 Å². The van der Waals surface area contributed by atoms with Crippen molar-refractivity contribution >= 4 is 57.1 Å². The van der Waals surface area contributed by atoms with Gasteiger partial charge in [-0.25, -0.2) is 0 Å². The highest BCUT2D eigenvalue weighted by Gasteiger charge is 2.51. The van der Waals surface area contributed by atoms with E-state index in [4.69, 9.17) is 17.0 Å². The molecule has 8 heteroatoms. The summed E-state index contributed by atoms with van der Waals surface area (Å²) >= 11 is 10.8. The summed E-state index contributed by atoms with van der Waals surface area (Å²) in [6.45, 7) is 3.91. The van der Waals surface area contributed by atoms with Gasteiger partial charge in [-0.3, -0.25) is 18.4 Å². The molecule has 5 rings (SSSR count). The van der Waals surface area contributed by atoms with Gasteiger partial charge >= 0.3 is 0 Å². The Bertz CT molecular complexity index is 1290. The summed E-state index contributed by atoms with van der Waals surface area (Å²) in [6, 6.07) is 11.4. The lowest BCUT2D eigenvalue weighted by Gasteiger charge is -2.39. The number of anilines is 1. The smallest absolute Gasteiger partial charge is 0.300 e. The molecular weight excluding hydrogens is 472 g/mol. The maximum Gasteiger partial charge on any atom is 0.300 e. The summed E-state index contributed by atoms with van der Waals surface area (Å²) in [5.41, 5.74) is 2.90. The topological polar surface area (TPSA) is 51.5 Å². The third kappa shape index (κ3) is 2.39. The van der Waals surface area contributed by atoms with E-state index in [0.29, 0.717) is 21.6 Å². The van der Waals surface area contributed by atoms with Gasteiger partial charge in [-0.15, -0.1) is 0 Å². The lowest BCUT2D eigenvalue weighted by molar-refractivity contribution is -0.115. The number of benzene rings is 2. The molecule has 1 amide bonds. The fraction of sp³-hybridized carbons (Fsp3) is 0.190. The SMILES string of the molecule is COc1cc2c3c(c1)-c1c(sn(-c4ccc(Br)cc4)c1=S)C(C)(C)N3C(=O)C2=O. The monoisotopic (exact) mass is 486 g/mol. The number of amides is 1. The Morgan fingerprint density at radius 3 is 2.41 bits per heavy atom. The second kappa shape index (κ2) is 6.10. The number of hydrogen-bond acceptors (Lipinski definition) is 5. The third-order valence-electron chi connectivity index (χ3n) is 5.44. The summed E-state index contributed by atoms with van der Waals surface area (Å²) < 4.78 is 9.05. The standard InChI is InChI=1S/C21H15BrN2O3S2/c1-21(2)18-15(20(28)24(29-18)11-6-4-10(22)5-7-11)13-8-12(27-3)9-14-16(13)23(21)19(26)17(14)25/h4-9H,1-3H3. The lowest BCUT2D eigenvalue weighted by Crippen LogP contribution is -2.46. The van der Waals surface area contributed by atoms with Gasteiger partial charge in [-0.05, 0) is 50.2 Å². The zero-order valence-corrected chi connectivity index (χ0v) is 19.0. The zero-order chi connectivity index (χ0) is 20.7. The van der Waals surface area contributed by atoms with Gasteiger partial charge in [-0.1, -0.05) is 39.7 Å². The number of carbonyl (C=O) groups excluding carboxylic acids is 2. The summed E-state index contributed by atoms with van der Waals surface area (Å²) in [7, 11) is 1.55. The van der Waals surface area contributed by atoms with Crippen molar-refractivity contribution in [3.63, 3.8) is 0 Å². The molecule has 0 spiro atoms. The molecular formula is C21H15BrN2O3S2. The van der Waals surface area contributed by atoms with Crippen LogP contribution in [0, 0.1) is 4.64 Å². The van der Waals surface area contributed by atoms with Crippen LogP contribution >= 0.6 is 39.7 Å². The Morgan fingerprint density at radius 2 is 1.76 bits per heavy atom. The highest BCUT2D eigenvalue weighted by Crippen LogP contribution is 2.55. The van der Waals surface area contributed by atoms with E-state index in [0.717, 1.165) is 26.2 Å². The molecule has 5 nitrogen and oxygen atoms in total. The molecule has 2 aliphatic heterocycles. The quantitative estimate of drug-likeness (QED) is 0.355. The molecule has 0 unspecified atom stereocenters. The first-order valence-corrected chi connectivity index (χ1v) is 10.9. The van der Waals surface area contributed by atoms with Crippen molar-refractivity contribution < 1.29 is 14.3 Å². The molecule has 0 radical (unpaired) electrons. The molecule has 0 N–H and O–H groups in total. The maximum absolute atomic E-state index is 12.9. The minimum atomic E-state index is -0.701. The second-order valence-corrected chi connectivity index (χ2v) is 9.73. The first-order valence-electron chi connectivity index (χ1n) is 8.89. The minimum absolute atomic E-state index is 0.374. The van der Waals surface area contributed by atoms with Gasteiger partial charge in [-0.2, -0.15) is 0 Å².